The Morgan fingerprint density at radius 2 is 1.80 bits per heavy atom. The van der Waals surface area contributed by atoms with Crippen LogP contribution in [-0.4, -0.2) is 42.1 Å². The number of rotatable bonds is 3. The fraction of sp³-hybridized carbons (Fsp3) is 0.261. The van der Waals surface area contributed by atoms with Gasteiger partial charge in [0.05, 0.1) is 23.7 Å². The topological polar surface area (TPSA) is 76.8 Å². The summed E-state index contributed by atoms with van der Waals surface area (Å²) >= 11 is 0. The summed E-state index contributed by atoms with van der Waals surface area (Å²) < 4.78 is 1.94. The Morgan fingerprint density at radius 3 is 2.60 bits per heavy atom. The van der Waals surface area contributed by atoms with Gasteiger partial charge >= 0.3 is 0 Å². The highest BCUT2D eigenvalue weighted by Gasteiger charge is 2.36. The summed E-state index contributed by atoms with van der Waals surface area (Å²) in [5.41, 5.74) is 2.90. The number of carbonyl (C=O) groups is 1. The molecule has 1 aliphatic heterocycles. The van der Waals surface area contributed by atoms with Gasteiger partial charge in [0.25, 0.3) is 5.91 Å². The Labute approximate surface area is 174 Å². The minimum absolute atomic E-state index is 0.0460. The molecule has 0 unspecified atom stereocenters. The SMILES string of the molecule is CC(C)[C@H]1c2nc(-c3ccccc3)nn2CCN1C(=O)c1cccc2nccnc12. The van der Waals surface area contributed by atoms with Crippen LogP contribution in [0.1, 0.15) is 36.1 Å². The van der Waals surface area contributed by atoms with E-state index in [-0.39, 0.29) is 17.9 Å². The molecule has 0 bridgehead atoms. The zero-order chi connectivity index (χ0) is 20.7. The van der Waals surface area contributed by atoms with Gasteiger partial charge in [-0.15, -0.1) is 0 Å². The largest absolute Gasteiger partial charge is 0.326 e. The minimum atomic E-state index is -0.164. The Hall–Kier alpha value is -3.61. The first-order chi connectivity index (χ1) is 14.6. The number of fused-ring (bicyclic) bond motifs is 2. The second-order valence-electron chi connectivity index (χ2n) is 7.80. The van der Waals surface area contributed by atoms with Crippen LogP contribution in [0.2, 0.25) is 0 Å². The fourth-order valence-corrected chi connectivity index (χ4v) is 4.13. The van der Waals surface area contributed by atoms with Crippen LogP contribution in [0.25, 0.3) is 22.4 Å². The molecular formula is C23H22N6O. The Kier molecular flexibility index (Phi) is 4.50. The summed E-state index contributed by atoms with van der Waals surface area (Å²) in [4.78, 5) is 29.1. The van der Waals surface area contributed by atoms with Gasteiger partial charge in [-0.3, -0.25) is 14.8 Å². The molecule has 0 aliphatic carbocycles. The second-order valence-corrected chi connectivity index (χ2v) is 7.80. The van der Waals surface area contributed by atoms with Crippen LogP contribution in [0.4, 0.5) is 0 Å². The zero-order valence-corrected chi connectivity index (χ0v) is 16.9. The molecule has 1 atom stereocenters. The molecule has 2 aromatic heterocycles. The lowest BCUT2D eigenvalue weighted by Gasteiger charge is -2.37. The second kappa shape index (κ2) is 7.33. The lowest BCUT2D eigenvalue weighted by molar-refractivity contribution is 0.0538. The third-order valence-corrected chi connectivity index (χ3v) is 5.51. The van der Waals surface area contributed by atoms with Crippen LogP contribution in [0, 0.1) is 5.92 Å². The molecule has 150 valence electrons. The number of carbonyl (C=O) groups excluding carboxylic acids is 1. The Bertz CT molecular complexity index is 1210. The first kappa shape index (κ1) is 18.4. The van der Waals surface area contributed by atoms with Gasteiger partial charge in [0.2, 0.25) is 0 Å². The van der Waals surface area contributed by atoms with E-state index in [1.54, 1.807) is 12.4 Å². The number of para-hydroxylation sites is 1. The van der Waals surface area contributed by atoms with Crippen molar-refractivity contribution < 1.29 is 4.79 Å². The molecule has 1 aliphatic rings. The highest BCUT2D eigenvalue weighted by Crippen LogP contribution is 2.34. The van der Waals surface area contributed by atoms with E-state index in [2.05, 4.69) is 23.8 Å². The highest BCUT2D eigenvalue weighted by atomic mass is 16.2. The Balaban J connectivity index is 1.56. The van der Waals surface area contributed by atoms with Crippen LogP contribution in [-0.2, 0) is 6.54 Å². The predicted molar refractivity (Wildman–Crippen MR) is 114 cm³/mol. The Morgan fingerprint density at radius 1 is 1.00 bits per heavy atom. The molecule has 7 nitrogen and oxygen atoms in total. The molecule has 3 heterocycles. The summed E-state index contributed by atoms with van der Waals surface area (Å²) in [6, 6.07) is 15.3. The molecular weight excluding hydrogens is 376 g/mol. The van der Waals surface area contributed by atoms with Crippen LogP contribution in [0.15, 0.2) is 60.9 Å². The summed E-state index contributed by atoms with van der Waals surface area (Å²) in [7, 11) is 0. The normalized spacial score (nSPS) is 16.1. The van der Waals surface area contributed by atoms with Gasteiger partial charge in [-0.1, -0.05) is 50.2 Å². The third-order valence-electron chi connectivity index (χ3n) is 5.51. The van der Waals surface area contributed by atoms with Crippen molar-refractivity contribution in [1.29, 1.82) is 0 Å². The molecule has 0 saturated carbocycles. The first-order valence-corrected chi connectivity index (χ1v) is 10.1. The van der Waals surface area contributed by atoms with E-state index >= 15 is 0 Å². The van der Waals surface area contributed by atoms with Gasteiger partial charge in [0, 0.05) is 24.5 Å². The smallest absolute Gasteiger partial charge is 0.256 e. The molecule has 0 N–H and O–H groups in total. The van der Waals surface area contributed by atoms with Crippen LogP contribution < -0.4 is 0 Å². The van der Waals surface area contributed by atoms with Gasteiger partial charge in [-0.25, -0.2) is 9.67 Å². The summed E-state index contributed by atoms with van der Waals surface area (Å²) in [6.45, 7) is 5.41. The zero-order valence-electron chi connectivity index (χ0n) is 16.9. The fourth-order valence-electron chi connectivity index (χ4n) is 4.13. The summed E-state index contributed by atoms with van der Waals surface area (Å²) in [5.74, 6) is 1.66. The monoisotopic (exact) mass is 398 g/mol. The lowest BCUT2D eigenvalue weighted by Crippen LogP contribution is -2.44. The third kappa shape index (κ3) is 3.03. The van der Waals surface area contributed by atoms with E-state index in [0.717, 1.165) is 16.9 Å². The number of benzene rings is 2. The number of nitrogens with zero attached hydrogens (tertiary/aromatic N) is 6. The van der Waals surface area contributed by atoms with Crippen LogP contribution in [0.3, 0.4) is 0 Å². The predicted octanol–water partition coefficient (Wildman–Crippen LogP) is 3.74. The standard InChI is InChI=1S/C23H22N6O/c1-15(2)20-22-26-21(16-7-4-3-5-8-16)27-29(22)14-13-28(20)23(30)17-9-6-10-18-19(17)25-12-11-24-18/h3-12,15,20H,13-14H2,1-2H3/t20-/m0/s1. The molecule has 0 fully saturated rings. The van der Waals surface area contributed by atoms with Crippen molar-refractivity contribution in [3.63, 3.8) is 0 Å². The maximum atomic E-state index is 13.6. The van der Waals surface area contributed by atoms with Crippen molar-refractivity contribution in [2.45, 2.75) is 26.4 Å². The molecule has 30 heavy (non-hydrogen) atoms. The van der Waals surface area contributed by atoms with Crippen molar-refractivity contribution >= 4 is 16.9 Å². The van der Waals surface area contributed by atoms with E-state index in [1.165, 1.54) is 0 Å². The number of aromatic nitrogens is 5. The van der Waals surface area contributed by atoms with Crippen molar-refractivity contribution in [1.82, 2.24) is 29.6 Å². The molecule has 0 saturated heterocycles. The van der Waals surface area contributed by atoms with E-state index in [1.807, 2.05) is 58.1 Å². The van der Waals surface area contributed by atoms with Gasteiger partial charge in [0.15, 0.2) is 11.6 Å². The average Bonchev–Trinajstić information content (AvgIpc) is 3.22. The molecule has 2 aromatic carbocycles. The van der Waals surface area contributed by atoms with Crippen molar-refractivity contribution in [2.75, 3.05) is 6.54 Å². The summed E-state index contributed by atoms with van der Waals surface area (Å²) in [5, 5.41) is 4.72. The molecule has 1 amide bonds. The molecule has 0 radical (unpaired) electrons. The van der Waals surface area contributed by atoms with E-state index in [9.17, 15) is 4.79 Å². The maximum absolute atomic E-state index is 13.6. The minimum Gasteiger partial charge on any atom is -0.326 e. The van der Waals surface area contributed by atoms with E-state index in [0.29, 0.717) is 30.0 Å². The number of amides is 1. The van der Waals surface area contributed by atoms with Gasteiger partial charge in [-0.05, 0) is 18.1 Å². The van der Waals surface area contributed by atoms with Crippen molar-refractivity contribution in [3.05, 3.63) is 72.3 Å². The van der Waals surface area contributed by atoms with E-state index in [4.69, 9.17) is 10.1 Å². The van der Waals surface area contributed by atoms with E-state index < -0.39 is 0 Å². The lowest BCUT2D eigenvalue weighted by atomic mass is 9.98. The molecule has 0 spiro atoms. The maximum Gasteiger partial charge on any atom is 0.256 e. The van der Waals surface area contributed by atoms with Gasteiger partial charge < -0.3 is 4.90 Å². The van der Waals surface area contributed by atoms with Gasteiger partial charge in [0.1, 0.15) is 5.52 Å². The quantitative estimate of drug-likeness (QED) is 0.525. The number of hydrogen-bond donors (Lipinski definition) is 0. The molecule has 5 rings (SSSR count). The highest BCUT2D eigenvalue weighted by molar-refractivity contribution is 6.04. The van der Waals surface area contributed by atoms with Crippen molar-refractivity contribution in [2.24, 2.45) is 5.92 Å². The van der Waals surface area contributed by atoms with Gasteiger partial charge in [-0.2, -0.15) is 5.10 Å². The van der Waals surface area contributed by atoms with Crippen molar-refractivity contribution in [3.8, 4) is 11.4 Å². The molecule has 7 heteroatoms. The average molecular weight is 398 g/mol. The van der Waals surface area contributed by atoms with Crippen LogP contribution in [0.5, 0.6) is 0 Å². The summed E-state index contributed by atoms with van der Waals surface area (Å²) in [6.07, 6.45) is 3.26. The van der Waals surface area contributed by atoms with Crippen LogP contribution >= 0.6 is 0 Å². The first-order valence-electron chi connectivity index (χ1n) is 10.1. The number of hydrogen-bond acceptors (Lipinski definition) is 5. The molecule has 4 aromatic rings.